The Bertz CT molecular complexity index is 817. The predicted molar refractivity (Wildman–Crippen MR) is 107 cm³/mol. The number of nitrogens with zero attached hydrogens (tertiary/aromatic N) is 2. The Morgan fingerprint density at radius 1 is 1.12 bits per heavy atom. The maximum Gasteiger partial charge on any atom is 0.228 e. The molecule has 0 fully saturated rings. The maximum atomic E-state index is 13.2. The van der Waals surface area contributed by atoms with Crippen LogP contribution in [0.5, 0.6) is 0 Å². The number of nitrogens with one attached hydrogen (secondary N) is 1. The molecule has 1 unspecified atom stereocenters. The lowest BCUT2D eigenvalue weighted by Crippen LogP contribution is -2.35. The summed E-state index contributed by atoms with van der Waals surface area (Å²) in [7, 11) is 0. The van der Waals surface area contributed by atoms with Crippen molar-refractivity contribution in [2.24, 2.45) is 0 Å². The number of carbonyl (C=O) groups is 1. The topological polar surface area (TPSA) is 35.6 Å². The first-order valence-electron chi connectivity index (χ1n) is 9.73. The highest BCUT2D eigenvalue weighted by Crippen LogP contribution is 2.49. The van der Waals surface area contributed by atoms with Gasteiger partial charge in [0.2, 0.25) is 5.91 Å². The lowest BCUT2D eigenvalue weighted by atomic mass is 10.0. The molecule has 0 aromatic heterocycles. The Balaban J connectivity index is 1.75. The molecule has 26 heavy (non-hydrogen) atoms. The zero-order chi connectivity index (χ0) is 18.1. The Morgan fingerprint density at radius 2 is 1.92 bits per heavy atom. The Morgan fingerprint density at radius 3 is 2.73 bits per heavy atom. The first kappa shape index (κ1) is 17.1. The van der Waals surface area contributed by atoms with E-state index in [0.29, 0.717) is 6.42 Å². The summed E-state index contributed by atoms with van der Waals surface area (Å²) in [5, 5.41) is 3.35. The fraction of sp³-hybridized carbons (Fsp3) is 0.409. The largest absolute Gasteiger partial charge is 0.339 e. The fourth-order valence-corrected chi connectivity index (χ4v) is 4.28. The van der Waals surface area contributed by atoms with Gasteiger partial charge in [-0.15, -0.1) is 0 Å². The second-order valence-corrected chi connectivity index (χ2v) is 7.19. The van der Waals surface area contributed by atoms with Gasteiger partial charge in [0.1, 0.15) is 0 Å². The SMILES string of the molecule is CCCNCCC(=O)N1c2ccccc2N2CCc3cccc(c32)C1C. The van der Waals surface area contributed by atoms with E-state index in [0.717, 1.165) is 43.9 Å². The van der Waals surface area contributed by atoms with Crippen molar-refractivity contribution in [1.29, 1.82) is 0 Å². The molecule has 4 heteroatoms. The molecule has 0 aliphatic carbocycles. The molecule has 0 spiro atoms. The van der Waals surface area contributed by atoms with Crippen LogP contribution in [-0.2, 0) is 11.2 Å². The lowest BCUT2D eigenvalue weighted by Gasteiger charge is -2.29. The molecule has 2 aromatic carbocycles. The van der Waals surface area contributed by atoms with Crippen LogP contribution in [0, 0.1) is 0 Å². The highest BCUT2D eigenvalue weighted by molar-refractivity contribution is 6.00. The zero-order valence-corrected chi connectivity index (χ0v) is 15.7. The van der Waals surface area contributed by atoms with Gasteiger partial charge in [0, 0.05) is 25.2 Å². The molecule has 4 nitrogen and oxygen atoms in total. The fourth-order valence-electron chi connectivity index (χ4n) is 4.28. The summed E-state index contributed by atoms with van der Waals surface area (Å²) in [4.78, 5) is 17.6. The van der Waals surface area contributed by atoms with Gasteiger partial charge in [-0.3, -0.25) is 4.79 Å². The van der Waals surface area contributed by atoms with E-state index in [1.54, 1.807) is 0 Å². The number of carbonyl (C=O) groups excluding carboxylic acids is 1. The second kappa shape index (κ2) is 7.12. The smallest absolute Gasteiger partial charge is 0.228 e. The van der Waals surface area contributed by atoms with Crippen LogP contribution in [0.1, 0.15) is 43.9 Å². The van der Waals surface area contributed by atoms with Gasteiger partial charge in [0.15, 0.2) is 0 Å². The minimum Gasteiger partial charge on any atom is -0.339 e. The summed E-state index contributed by atoms with van der Waals surface area (Å²) in [5.74, 6) is 0.187. The zero-order valence-electron chi connectivity index (χ0n) is 15.7. The molecule has 2 aliphatic rings. The van der Waals surface area contributed by atoms with Crippen LogP contribution >= 0.6 is 0 Å². The third kappa shape index (κ3) is 2.78. The molecular weight excluding hydrogens is 322 g/mol. The molecule has 2 heterocycles. The number of amides is 1. The summed E-state index contributed by atoms with van der Waals surface area (Å²) in [5.41, 5.74) is 6.14. The lowest BCUT2D eigenvalue weighted by molar-refractivity contribution is -0.119. The minimum atomic E-state index is 0.0351. The average Bonchev–Trinajstić information content (AvgIpc) is 3.05. The van der Waals surface area contributed by atoms with E-state index in [1.807, 2.05) is 11.0 Å². The van der Waals surface area contributed by atoms with E-state index < -0.39 is 0 Å². The standard InChI is InChI=1S/C22H27N3O/c1-3-13-23-14-11-21(26)25-16(2)18-8-6-7-17-12-15-24(22(17)18)19-9-4-5-10-20(19)25/h4-10,16,23H,3,11-15H2,1-2H3. The maximum absolute atomic E-state index is 13.2. The van der Waals surface area contributed by atoms with Crippen molar-refractivity contribution >= 4 is 23.0 Å². The average molecular weight is 349 g/mol. The summed E-state index contributed by atoms with van der Waals surface area (Å²) >= 11 is 0. The van der Waals surface area contributed by atoms with Crippen molar-refractivity contribution in [3.8, 4) is 0 Å². The van der Waals surface area contributed by atoms with Crippen LogP contribution in [-0.4, -0.2) is 25.5 Å². The van der Waals surface area contributed by atoms with E-state index in [1.165, 1.54) is 16.8 Å². The molecule has 0 bridgehead atoms. The number of benzene rings is 2. The van der Waals surface area contributed by atoms with Crippen molar-refractivity contribution in [3.63, 3.8) is 0 Å². The Labute approximate surface area is 155 Å². The van der Waals surface area contributed by atoms with Crippen LogP contribution in [0.3, 0.4) is 0 Å². The van der Waals surface area contributed by atoms with Gasteiger partial charge in [-0.2, -0.15) is 0 Å². The molecule has 0 saturated heterocycles. The number of rotatable bonds is 5. The summed E-state index contributed by atoms with van der Waals surface area (Å²) in [6.45, 7) is 6.97. The van der Waals surface area contributed by atoms with E-state index in [4.69, 9.17) is 0 Å². The molecular formula is C22H27N3O. The van der Waals surface area contributed by atoms with Gasteiger partial charge in [-0.05, 0) is 49.6 Å². The number of para-hydroxylation sites is 3. The molecule has 2 aromatic rings. The highest BCUT2D eigenvalue weighted by atomic mass is 16.2. The van der Waals surface area contributed by atoms with Crippen molar-refractivity contribution < 1.29 is 4.79 Å². The molecule has 136 valence electrons. The summed E-state index contributed by atoms with van der Waals surface area (Å²) < 4.78 is 0. The van der Waals surface area contributed by atoms with Gasteiger partial charge >= 0.3 is 0 Å². The van der Waals surface area contributed by atoms with Crippen molar-refractivity contribution in [2.45, 2.75) is 39.2 Å². The van der Waals surface area contributed by atoms with Crippen LogP contribution < -0.4 is 15.1 Å². The first-order valence-corrected chi connectivity index (χ1v) is 9.73. The van der Waals surface area contributed by atoms with E-state index in [9.17, 15) is 4.79 Å². The highest BCUT2D eigenvalue weighted by Gasteiger charge is 2.35. The quantitative estimate of drug-likeness (QED) is 0.823. The van der Waals surface area contributed by atoms with Gasteiger partial charge in [0.25, 0.3) is 0 Å². The molecule has 2 aliphatic heterocycles. The van der Waals surface area contributed by atoms with Gasteiger partial charge < -0.3 is 15.1 Å². The van der Waals surface area contributed by atoms with Gasteiger partial charge in [-0.1, -0.05) is 37.3 Å². The minimum absolute atomic E-state index is 0.0351. The molecule has 1 amide bonds. The van der Waals surface area contributed by atoms with E-state index in [2.05, 4.69) is 60.5 Å². The number of hydrogen-bond acceptors (Lipinski definition) is 3. The van der Waals surface area contributed by atoms with Crippen LogP contribution in [0.25, 0.3) is 0 Å². The summed E-state index contributed by atoms with van der Waals surface area (Å²) in [6, 6.07) is 14.9. The number of anilines is 3. The van der Waals surface area contributed by atoms with E-state index >= 15 is 0 Å². The first-order chi connectivity index (χ1) is 12.7. The summed E-state index contributed by atoms with van der Waals surface area (Å²) in [6.07, 6.45) is 2.68. The second-order valence-electron chi connectivity index (χ2n) is 7.19. The predicted octanol–water partition coefficient (Wildman–Crippen LogP) is 4.18. The molecule has 0 radical (unpaired) electrons. The molecule has 1 atom stereocenters. The normalized spacial score (nSPS) is 17.7. The molecule has 0 saturated carbocycles. The monoisotopic (exact) mass is 349 g/mol. The van der Waals surface area contributed by atoms with Gasteiger partial charge in [-0.25, -0.2) is 0 Å². The molecule has 1 N–H and O–H groups in total. The van der Waals surface area contributed by atoms with Crippen molar-refractivity contribution in [3.05, 3.63) is 53.6 Å². The number of fused-ring (bicyclic) bond motifs is 2. The third-order valence-corrected chi connectivity index (χ3v) is 5.51. The van der Waals surface area contributed by atoms with Gasteiger partial charge in [0.05, 0.1) is 17.4 Å². The van der Waals surface area contributed by atoms with Crippen molar-refractivity contribution in [2.75, 3.05) is 29.4 Å². The van der Waals surface area contributed by atoms with Crippen LogP contribution in [0.2, 0.25) is 0 Å². The molecule has 4 rings (SSSR count). The van der Waals surface area contributed by atoms with E-state index in [-0.39, 0.29) is 11.9 Å². The third-order valence-electron chi connectivity index (χ3n) is 5.51. The van der Waals surface area contributed by atoms with Crippen LogP contribution in [0.15, 0.2) is 42.5 Å². The Hall–Kier alpha value is -2.33. The number of hydrogen-bond donors (Lipinski definition) is 1. The Kier molecular flexibility index (Phi) is 4.68. The van der Waals surface area contributed by atoms with Crippen LogP contribution in [0.4, 0.5) is 17.1 Å². The van der Waals surface area contributed by atoms with Crippen molar-refractivity contribution in [1.82, 2.24) is 5.32 Å².